The number of carboxylic acid groups (broad SMARTS) is 1. The summed E-state index contributed by atoms with van der Waals surface area (Å²) >= 11 is 0. The Bertz CT molecular complexity index is 715. The maximum Gasteiger partial charge on any atom is 0.337 e. The molecule has 0 aromatic carbocycles. The third kappa shape index (κ3) is 4.53. The number of sulfonamides is 1. The molecule has 0 atom stereocenters. The first-order valence-corrected chi connectivity index (χ1v) is 7.70. The molecule has 0 unspecified atom stereocenters. The van der Waals surface area contributed by atoms with Crippen LogP contribution in [-0.2, 0) is 16.4 Å². The zero-order valence-electron chi connectivity index (χ0n) is 10.9. The molecule has 0 saturated heterocycles. The molecular weight excluding hydrogens is 294 g/mol. The zero-order chi connectivity index (χ0) is 15.3. The minimum Gasteiger partial charge on any atom is -0.478 e. The van der Waals surface area contributed by atoms with E-state index in [-0.39, 0.29) is 17.1 Å². The lowest BCUT2D eigenvalue weighted by Gasteiger charge is -2.07. The molecule has 21 heavy (non-hydrogen) atoms. The summed E-state index contributed by atoms with van der Waals surface area (Å²) < 4.78 is 26.1. The number of hydrogen-bond donors (Lipinski definition) is 2. The Morgan fingerprint density at radius 2 is 1.90 bits per heavy atom. The summed E-state index contributed by atoms with van der Waals surface area (Å²) in [6.45, 7) is 0. The molecule has 2 aromatic heterocycles. The van der Waals surface area contributed by atoms with Crippen LogP contribution in [0.15, 0.2) is 42.9 Å². The second-order valence-electron chi connectivity index (χ2n) is 4.26. The summed E-state index contributed by atoms with van der Waals surface area (Å²) in [5, 5.41) is 8.73. The minimum absolute atomic E-state index is 0.00488. The predicted octanol–water partition coefficient (Wildman–Crippen LogP) is 1.16. The number of carboxylic acids is 1. The summed E-state index contributed by atoms with van der Waals surface area (Å²) in [7, 11) is -3.55. The van der Waals surface area contributed by atoms with Crippen molar-refractivity contribution in [3.05, 3.63) is 54.0 Å². The van der Waals surface area contributed by atoms with Crippen LogP contribution in [0.3, 0.4) is 0 Å². The molecule has 2 N–H and O–H groups in total. The fraction of sp³-hybridized carbons (Fsp3) is 0.154. The van der Waals surface area contributed by atoms with E-state index in [1.54, 1.807) is 24.5 Å². The summed E-state index contributed by atoms with van der Waals surface area (Å²) in [6, 6.07) is 6.09. The van der Waals surface area contributed by atoms with E-state index in [0.29, 0.717) is 6.42 Å². The first kappa shape index (κ1) is 14.9. The van der Waals surface area contributed by atoms with E-state index in [1.165, 1.54) is 12.1 Å². The predicted molar refractivity (Wildman–Crippen MR) is 76.5 cm³/mol. The number of carbonyl (C=O) groups is 1. The Morgan fingerprint density at radius 1 is 1.19 bits per heavy atom. The average molecular weight is 307 g/mol. The van der Waals surface area contributed by atoms with Crippen molar-refractivity contribution in [3.8, 4) is 0 Å². The summed E-state index contributed by atoms with van der Waals surface area (Å²) in [4.78, 5) is 18.3. The van der Waals surface area contributed by atoms with Crippen LogP contribution in [0, 0.1) is 0 Å². The Kier molecular flexibility index (Phi) is 4.49. The SMILES string of the molecule is O=C(O)c1ccc(NS(=O)(=O)CCc2ccncc2)nc1. The van der Waals surface area contributed by atoms with E-state index in [2.05, 4.69) is 14.7 Å². The van der Waals surface area contributed by atoms with Gasteiger partial charge >= 0.3 is 5.97 Å². The third-order valence-electron chi connectivity index (χ3n) is 2.68. The van der Waals surface area contributed by atoms with E-state index in [4.69, 9.17) is 5.11 Å². The molecule has 0 aliphatic heterocycles. The van der Waals surface area contributed by atoms with Gasteiger partial charge in [-0.25, -0.2) is 18.2 Å². The van der Waals surface area contributed by atoms with E-state index < -0.39 is 16.0 Å². The van der Waals surface area contributed by atoms with Crippen LogP contribution in [0.25, 0.3) is 0 Å². The number of nitrogens with zero attached hydrogens (tertiary/aromatic N) is 2. The van der Waals surface area contributed by atoms with Crippen molar-refractivity contribution in [2.45, 2.75) is 6.42 Å². The molecule has 0 bridgehead atoms. The van der Waals surface area contributed by atoms with E-state index in [9.17, 15) is 13.2 Å². The highest BCUT2D eigenvalue weighted by Crippen LogP contribution is 2.09. The van der Waals surface area contributed by atoms with Crippen molar-refractivity contribution in [2.75, 3.05) is 10.5 Å². The molecule has 0 amide bonds. The van der Waals surface area contributed by atoms with Gasteiger partial charge < -0.3 is 5.11 Å². The quantitative estimate of drug-likeness (QED) is 0.828. The van der Waals surface area contributed by atoms with Gasteiger partial charge in [-0.15, -0.1) is 0 Å². The van der Waals surface area contributed by atoms with Gasteiger partial charge in [0.1, 0.15) is 5.82 Å². The first-order chi connectivity index (χ1) is 9.96. The molecule has 0 saturated carbocycles. The molecule has 8 heteroatoms. The molecule has 2 heterocycles. The summed E-state index contributed by atoms with van der Waals surface area (Å²) in [5.74, 6) is -1.12. The number of aromatic carboxylic acids is 1. The molecule has 0 spiro atoms. The number of anilines is 1. The van der Waals surface area contributed by atoms with Crippen LogP contribution in [0.1, 0.15) is 15.9 Å². The van der Waals surface area contributed by atoms with Crippen LogP contribution >= 0.6 is 0 Å². The number of rotatable bonds is 6. The lowest BCUT2D eigenvalue weighted by molar-refractivity contribution is 0.0696. The summed E-state index contributed by atoms with van der Waals surface area (Å²) in [5.41, 5.74) is 0.860. The lowest BCUT2D eigenvalue weighted by Crippen LogP contribution is -2.19. The smallest absolute Gasteiger partial charge is 0.337 e. The third-order valence-corrected chi connectivity index (χ3v) is 3.94. The average Bonchev–Trinajstić information content (AvgIpc) is 2.46. The number of hydrogen-bond acceptors (Lipinski definition) is 5. The van der Waals surface area contributed by atoms with Crippen LogP contribution < -0.4 is 4.72 Å². The zero-order valence-corrected chi connectivity index (χ0v) is 11.7. The van der Waals surface area contributed by atoms with Gasteiger partial charge in [0, 0.05) is 18.6 Å². The normalized spacial score (nSPS) is 11.0. The van der Waals surface area contributed by atoms with Gasteiger partial charge in [-0.05, 0) is 36.2 Å². The molecular formula is C13H13N3O4S. The molecule has 0 fully saturated rings. The topological polar surface area (TPSA) is 109 Å². The van der Waals surface area contributed by atoms with Gasteiger partial charge in [0.05, 0.1) is 11.3 Å². The van der Waals surface area contributed by atoms with Gasteiger partial charge in [0.2, 0.25) is 10.0 Å². The van der Waals surface area contributed by atoms with Crippen molar-refractivity contribution in [1.29, 1.82) is 0 Å². The number of nitrogens with one attached hydrogen (secondary N) is 1. The highest BCUT2D eigenvalue weighted by atomic mass is 32.2. The standard InChI is InChI=1S/C13H13N3O4S/c17-13(18)11-1-2-12(15-9-11)16-21(19,20)8-5-10-3-6-14-7-4-10/h1-4,6-7,9H,5,8H2,(H,15,16)(H,17,18). The van der Waals surface area contributed by atoms with Crippen LogP contribution in [0.5, 0.6) is 0 Å². The second-order valence-corrected chi connectivity index (χ2v) is 6.11. The molecule has 0 radical (unpaired) electrons. The largest absolute Gasteiger partial charge is 0.478 e. The molecule has 0 aliphatic rings. The highest BCUT2D eigenvalue weighted by Gasteiger charge is 2.12. The van der Waals surface area contributed by atoms with Crippen molar-refractivity contribution in [3.63, 3.8) is 0 Å². The molecule has 7 nitrogen and oxygen atoms in total. The van der Waals surface area contributed by atoms with Gasteiger partial charge in [0.25, 0.3) is 0 Å². The fourth-order valence-electron chi connectivity index (χ4n) is 1.59. The van der Waals surface area contributed by atoms with Gasteiger partial charge in [-0.1, -0.05) is 0 Å². The van der Waals surface area contributed by atoms with Gasteiger partial charge in [0.15, 0.2) is 0 Å². The molecule has 0 aliphatic carbocycles. The monoisotopic (exact) mass is 307 g/mol. The lowest BCUT2D eigenvalue weighted by atomic mass is 10.2. The van der Waals surface area contributed by atoms with Crippen LogP contribution in [0.4, 0.5) is 5.82 Å². The van der Waals surface area contributed by atoms with E-state index >= 15 is 0 Å². The minimum atomic E-state index is -3.55. The molecule has 2 aromatic rings. The highest BCUT2D eigenvalue weighted by molar-refractivity contribution is 7.92. The van der Waals surface area contributed by atoms with Crippen molar-refractivity contribution in [2.24, 2.45) is 0 Å². The maximum absolute atomic E-state index is 11.9. The summed E-state index contributed by atoms with van der Waals surface area (Å²) in [6.07, 6.45) is 4.65. The van der Waals surface area contributed by atoms with Gasteiger partial charge in [-0.2, -0.15) is 0 Å². The van der Waals surface area contributed by atoms with Crippen LogP contribution in [-0.4, -0.2) is 35.2 Å². The molecule has 110 valence electrons. The molecule has 2 rings (SSSR count). The Hall–Kier alpha value is -2.48. The van der Waals surface area contributed by atoms with Gasteiger partial charge in [-0.3, -0.25) is 9.71 Å². The Labute approximate surface area is 121 Å². The number of aromatic nitrogens is 2. The Balaban J connectivity index is 1.99. The van der Waals surface area contributed by atoms with Crippen LogP contribution in [0.2, 0.25) is 0 Å². The van der Waals surface area contributed by atoms with E-state index in [1.807, 2.05) is 0 Å². The number of aryl methyl sites for hydroxylation is 1. The van der Waals surface area contributed by atoms with Crippen molar-refractivity contribution in [1.82, 2.24) is 9.97 Å². The van der Waals surface area contributed by atoms with Crippen molar-refractivity contribution >= 4 is 21.8 Å². The number of pyridine rings is 2. The maximum atomic E-state index is 11.9. The first-order valence-electron chi connectivity index (χ1n) is 6.05. The second kappa shape index (κ2) is 6.31. The Morgan fingerprint density at radius 3 is 2.48 bits per heavy atom. The van der Waals surface area contributed by atoms with Crippen molar-refractivity contribution < 1.29 is 18.3 Å². The van der Waals surface area contributed by atoms with E-state index in [0.717, 1.165) is 11.8 Å². The fourth-order valence-corrected chi connectivity index (χ4v) is 2.64.